The first-order valence-electron chi connectivity index (χ1n) is 5.84. The third-order valence-corrected chi connectivity index (χ3v) is 3.87. The van der Waals surface area contributed by atoms with E-state index in [1.165, 1.54) is 21.0 Å². The molecule has 0 spiro atoms. The van der Waals surface area contributed by atoms with E-state index in [9.17, 15) is 0 Å². The molecule has 2 rings (SSSR count). The molecule has 17 heavy (non-hydrogen) atoms. The van der Waals surface area contributed by atoms with Crippen LogP contribution in [0.15, 0.2) is 24.3 Å². The van der Waals surface area contributed by atoms with E-state index < -0.39 is 0 Å². The lowest BCUT2D eigenvalue weighted by Crippen LogP contribution is -2.04. The Morgan fingerprint density at radius 1 is 1.29 bits per heavy atom. The van der Waals surface area contributed by atoms with E-state index in [2.05, 4.69) is 48.4 Å². The summed E-state index contributed by atoms with van der Waals surface area (Å²) in [6.07, 6.45) is 0.941. The minimum atomic E-state index is 0.914. The van der Waals surface area contributed by atoms with Crippen LogP contribution in [0.2, 0.25) is 0 Å². The second-order valence-corrected chi connectivity index (χ2v) is 5.48. The van der Waals surface area contributed by atoms with Gasteiger partial charge in [0.2, 0.25) is 0 Å². The van der Waals surface area contributed by atoms with Crippen LogP contribution < -0.4 is 5.32 Å². The number of aryl methyl sites for hydroxylation is 2. The van der Waals surface area contributed by atoms with E-state index in [1.54, 1.807) is 0 Å². The molecule has 1 aromatic carbocycles. The predicted molar refractivity (Wildman–Crippen MR) is 73.6 cm³/mol. The highest BCUT2D eigenvalue weighted by Crippen LogP contribution is 2.20. The lowest BCUT2D eigenvalue weighted by molar-refractivity contribution is 0.822. The van der Waals surface area contributed by atoms with Gasteiger partial charge >= 0.3 is 0 Å². The van der Waals surface area contributed by atoms with Gasteiger partial charge in [-0.15, -0.1) is 11.3 Å². The van der Waals surface area contributed by atoms with E-state index in [-0.39, 0.29) is 0 Å². The molecule has 0 aliphatic carbocycles. The third kappa shape index (κ3) is 3.14. The molecule has 0 aliphatic heterocycles. The standard InChI is InChI=1S/C14H18N2S/c1-10-5-4-6-12(7-10)8-14-16-11(2)13(17-14)9-15-3/h4-7,15H,8-9H2,1-3H3. The van der Waals surface area contributed by atoms with Gasteiger partial charge in [-0.2, -0.15) is 0 Å². The quantitative estimate of drug-likeness (QED) is 0.897. The Hall–Kier alpha value is -1.19. The van der Waals surface area contributed by atoms with Crippen molar-refractivity contribution in [3.63, 3.8) is 0 Å². The van der Waals surface area contributed by atoms with Crippen LogP contribution in [0, 0.1) is 13.8 Å². The van der Waals surface area contributed by atoms with Crippen LogP contribution in [0.3, 0.4) is 0 Å². The van der Waals surface area contributed by atoms with Crippen molar-refractivity contribution in [3.8, 4) is 0 Å². The van der Waals surface area contributed by atoms with Crippen molar-refractivity contribution in [1.82, 2.24) is 10.3 Å². The van der Waals surface area contributed by atoms with Crippen molar-refractivity contribution in [1.29, 1.82) is 0 Å². The molecule has 1 N–H and O–H groups in total. The Morgan fingerprint density at radius 3 is 2.82 bits per heavy atom. The summed E-state index contributed by atoms with van der Waals surface area (Å²) in [6, 6.07) is 8.64. The highest BCUT2D eigenvalue weighted by molar-refractivity contribution is 7.11. The predicted octanol–water partition coefficient (Wildman–Crippen LogP) is 3.07. The first-order valence-corrected chi connectivity index (χ1v) is 6.66. The Morgan fingerprint density at radius 2 is 2.12 bits per heavy atom. The fourth-order valence-electron chi connectivity index (χ4n) is 1.89. The van der Waals surface area contributed by atoms with Gasteiger partial charge in [0.25, 0.3) is 0 Å². The Kier molecular flexibility index (Phi) is 3.92. The van der Waals surface area contributed by atoms with Crippen molar-refractivity contribution < 1.29 is 0 Å². The van der Waals surface area contributed by atoms with Crippen LogP contribution in [-0.4, -0.2) is 12.0 Å². The summed E-state index contributed by atoms with van der Waals surface area (Å²) in [7, 11) is 1.97. The van der Waals surface area contributed by atoms with Gasteiger partial charge in [0.15, 0.2) is 0 Å². The maximum Gasteiger partial charge on any atom is 0.0975 e. The van der Waals surface area contributed by atoms with Crippen LogP contribution >= 0.6 is 11.3 Å². The van der Waals surface area contributed by atoms with Gasteiger partial charge in [-0.25, -0.2) is 4.98 Å². The van der Waals surface area contributed by atoms with Gasteiger partial charge in [-0.1, -0.05) is 29.8 Å². The van der Waals surface area contributed by atoms with E-state index >= 15 is 0 Å². The molecule has 2 aromatic rings. The Labute approximate surface area is 107 Å². The van der Waals surface area contributed by atoms with Gasteiger partial charge in [-0.05, 0) is 26.5 Å². The van der Waals surface area contributed by atoms with Gasteiger partial charge in [0.1, 0.15) is 0 Å². The molecule has 3 heteroatoms. The summed E-state index contributed by atoms with van der Waals surface area (Å²) in [4.78, 5) is 5.98. The van der Waals surface area contributed by atoms with Gasteiger partial charge < -0.3 is 5.32 Å². The third-order valence-electron chi connectivity index (χ3n) is 2.71. The molecule has 0 saturated carbocycles. The van der Waals surface area contributed by atoms with Gasteiger partial charge in [0.05, 0.1) is 10.7 Å². The zero-order valence-corrected chi connectivity index (χ0v) is 11.4. The summed E-state index contributed by atoms with van der Waals surface area (Å²) >= 11 is 1.81. The molecule has 0 unspecified atom stereocenters. The lowest BCUT2D eigenvalue weighted by Gasteiger charge is -1.99. The van der Waals surface area contributed by atoms with Crippen LogP contribution in [-0.2, 0) is 13.0 Å². The molecule has 0 saturated heterocycles. The van der Waals surface area contributed by atoms with Crippen LogP contribution in [0.4, 0.5) is 0 Å². The summed E-state index contributed by atoms with van der Waals surface area (Å²) in [5, 5.41) is 4.39. The molecule has 1 heterocycles. The summed E-state index contributed by atoms with van der Waals surface area (Å²) in [6.45, 7) is 5.13. The largest absolute Gasteiger partial charge is 0.315 e. The maximum absolute atomic E-state index is 4.63. The molecule has 2 nitrogen and oxygen atoms in total. The number of nitrogens with zero attached hydrogens (tertiary/aromatic N) is 1. The molecule has 0 radical (unpaired) electrons. The van der Waals surface area contributed by atoms with E-state index in [1.807, 2.05) is 18.4 Å². The zero-order chi connectivity index (χ0) is 12.3. The molecular weight excluding hydrogens is 228 g/mol. The number of hydrogen-bond donors (Lipinski definition) is 1. The van der Waals surface area contributed by atoms with E-state index in [4.69, 9.17) is 0 Å². The monoisotopic (exact) mass is 246 g/mol. The van der Waals surface area contributed by atoms with E-state index in [0.717, 1.165) is 18.7 Å². The molecule has 0 aliphatic rings. The van der Waals surface area contributed by atoms with Gasteiger partial charge in [-0.3, -0.25) is 0 Å². The number of benzene rings is 1. The molecule has 0 amide bonds. The number of aromatic nitrogens is 1. The smallest absolute Gasteiger partial charge is 0.0975 e. The van der Waals surface area contributed by atoms with Crippen LogP contribution in [0.25, 0.3) is 0 Å². The molecule has 0 atom stereocenters. The van der Waals surface area contributed by atoms with Gasteiger partial charge in [0, 0.05) is 17.8 Å². The van der Waals surface area contributed by atoms with Crippen molar-refractivity contribution in [2.75, 3.05) is 7.05 Å². The summed E-state index contributed by atoms with van der Waals surface area (Å²) in [5.41, 5.74) is 3.81. The minimum Gasteiger partial charge on any atom is -0.315 e. The number of thiazole rings is 1. The normalized spacial score (nSPS) is 10.8. The zero-order valence-electron chi connectivity index (χ0n) is 10.6. The van der Waals surface area contributed by atoms with E-state index in [0.29, 0.717) is 0 Å². The van der Waals surface area contributed by atoms with Crippen LogP contribution in [0.5, 0.6) is 0 Å². The lowest BCUT2D eigenvalue weighted by atomic mass is 10.1. The van der Waals surface area contributed by atoms with Crippen LogP contribution in [0.1, 0.15) is 26.7 Å². The van der Waals surface area contributed by atoms with Crippen molar-refractivity contribution >= 4 is 11.3 Å². The molecule has 90 valence electrons. The van der Waals surface area contributed by atoms with Crippen molar-refractivity contribution in [2.24, 2.45) is 0 Å². The van der Waals surface area contributed by atoms with Crippen molar-refractivity contribution in [2.45, 2.75) is 26.8 Å². The second-order valence-electron chi connectivity index (χ2n) is 4.31. The fourth-order valence-corrected chi connectivity index (χ4v) is 3.00. The molecule has 0 bridgehead atoms. The fraction of sp³-hybridized carbons (Fsp3) is 0.357. The number of hydrogen-bond acceptors (Lipinski definition) is 3. The first-order chi connectivity index (χ1) is 8.19. The average molecular weight is 246 g/mol. The Balaban J connectivity index is 2.16. The molecule has 0 fully saturated rings. The first kappa shape index (κ1) is 12.3. The number of nitrogens with one attached hydrogen (secondary N) is 1. The maximum atomic E-state index is 4.63. The summed E-state index contributed by atoms with van der Waals surface area (Å²) < 4.78 is 0. The topological polar surface area (TPSA) is 24.9 Å². The highest BCUT2D eigenvalue weighted by atomic mass is 32.1. The number of rotatable bonds is 4. The minimum absolute atomic E-state index is 0.914. The SMILES string of the molecule is CNCc1sc(Cc2cccc(C)c2)nc1C. The Bertz CT molecular complexity index is 503. The second kappa shape index (κ2) is 5.43. The average Bonchev–Trinajstić information content (AvgIpc) is 2.60. The summed E-state index contributed by atoms with van der Waals surface area (Å²) in [5.74, 6) is 0. The highest BCUT2D eigenvalue weighted by Gasteiger charge is 2.07. The molecule has 1 aromatic heterocycles. The van der Waals surface area contributed by atoms with Crippen molar-refractivity contribution in [3.05, 3.63) is 51.0 Å². The molecular formula is C14H18N2S.